The number of carbonyl (C=O) groups is 6. The topological polar surface area (TPSA) is 161 Å². The predicted octanol–water partition coefficient (Wildman–Crippen LogP) is -2.10. The molecule has 2 heterocycles. The van der Waals surface area contributed by atoms with Crippen LogP contribution in [0.1, 0.15) is 12.8 Å². The van der Waals surface area contributed by atoms with E-state index in [4.69, 9.17) is 14.2 Å². The number of rotatable bonds is 18. The van der Waals surface area contributed by atoms with E-state index >= 15 is 0 Å². The molecule has 35 heavy (non-hydrogen) atoms. The van der Waals surface area contributed by atoms with Gasteiger partial charge in [0.15, 0.2) is 0 Å². The summed E-state index contributed by atoms with van der Waals surface area (Å²) in [5.41, 5.74) is 0. The van der Waals surface area contributed by atoms with E-state index in [1.165, 1.54) is 24.3 Å². The quantitative estimate of drug-likeness (QED) is 0.161. The number of hydrogen-bond donors (Lipinski definition) is 2. The third-order valence-electron chi connectivity index (χ3n) is 4.81. The highest BCUT2D eigenvalue weighted by atomic mass is 16.5. The van der Waals surface area contributed by atoms with E-state index in [-0.39, 0.29) is 37.7 Å². The van der Waals surface area contributed by atoms with Crippen LogP contribution in [0.3, 0.4) is 0 Å². The van der Waals surface area contributed by atoms with E-state index in [1.807, 2.05) is 0 Å². The van der Waals surface area contributed by atoms with Gasteiger partial charge < -0.3 is 24.8 Å². The van der Waals surface area contributed by atoms with Crippen molar-refractivity contribution in [3.05, 3.63) is 24.3 Å². The summed E-state index contributed by atoms with van der Waals surface area (Å²) < 4.78 is 16.0. The number of hydrogen-bond acceptors (Lipinski definition) is 9. The Hall–Kier alpha value is -3.42. The summed E-state index contributed by atoms with van der Waals surface area (Å²) in [6, 6.07) is 0. The summed E-state index contributed by atoms with van der Waals surface area (Å²) in [5, 5.41) is 5.28. The van der Waals surface area contributed by atoms with E-state index in [1.54, 1.807) is 0 Å². The molecule has 0 aromatic carbocycles. The van der Waals surface area contributed by atoms with Crippen LogP contribution < -0.4 is 10.6 Å². The van der Waals surface area contributed by atoms with Gasteiger partial charge in [0, 0.05) is 63.3 Å². The average Bonchev–Trinajstić information content (AvgIpc) is 3.33. The lowest BCUT2D eigenvalue weighted by Crippen LogP contribution is -2.35. The van der Waals surface area contributed by atoms with Crippen molar-refractivity contribution in [2.45, 2.75) is 12.8 Å². The number of imide groups is 2. The van der Waals surface area contributed by atoms with Gasteiger partial charge in [-0.15, -0.1) is 0 Å². The van der Waals surface area contributed by atoms with Crippen LogP contribution in [-0.4, -0.2) is 111 Å². The number of nitrogens with one attached hydrogen (secondary N) is 2. The average molecular weight is 495 g/mol. The first-order valence-electron chi connectivity index (χ1n) is 11.2. The maximum atomic E-state index is 11.7. The summed E-state index contributed by atoms with van der Waals surface area (Å²) in [6.45, 7) is 2.66. The summed E-state index contributed by atoms with van der Waals surface area (Å²) in [6.07, 6.45) is 4.77. The Morgan fingerprint density at radius 3 is 1.23 bits per heavy atom. The Balaban J connectivity index is 1.31. The first kappa shape index (κ1) is 27.8. The second-order valence-electron chi connectivity index (χ2n) is 7.36. The molecule has 0 aliphatic carbocycles. The number of carbonyl (C=O) groups excluding carboxylic acids is 6. The van der Waals surface area contributed by atoms with Crippen LogP contribution in [0.15, 0.2) is 24.3 Å². The second-order valence-corrected chi connectivity index (χ2v) is 7.36. The molecule has 2 N–H and O–H groups in total. The highest BCUT2D eigenvalue weighted by Gasteiger charge is 2.24. The van der Waals surface area contributed by atoms with Gasteiger partial charge in [-0.3, -0.25) is 38.6 Å². The number of amides is 6. The highest BCUT2D eigenvalue weighted by Crippen LogP contribution is 2.04. The van der Waals surface area contributed by atoms with E-state index < -0.39 is 23.6 Å². The fourth-order valence-electron chi connectivity index (χ4n) is 2.97. The summed E-state index contributed by atoms with van der Waals surface area (Å²) in [5.74, 6) is -2.21. The zero-order valence-corrected chi connectivity index (χ0v) is 19.4. The van der Waals surface area contributed by atoms with E-state index in [0.717, 1.165) is 9.80 Å². The third kappa shape index (κ3) is 10.6. The number of ether oxygens (including phenoxy) is 3. The van der Waals surface area contributed by atoms with Gasteiger partial charge in [-0.25, -0.2) is 0 Å². The fraction of sp³-hybridized carbons (Fsp3) is 0.545. The molecule has 0 atom stereocenters. The van der Waals surface area contributed by atoms with Crippen LogP contribution in [0, 0.1) is 0 Å². The molecule has 13 heteroatoms. The van der Waals surface area contributed by atoms with Crippen molar-refractivity contribution < 1.29 is 43.0 Å². The molecule has 2 rings (SSSR count). The van der Waals surface area contributed by atoms with Crippen LogP contribution in [0.2, 0.25) is 0 Å². The van der Waals surface area contributed by atoms with Gasteiger partial charge in [0.1, 0.15) is 0 Å². The normalized spacial score (nSPS) is 15.0. The molecular weight excluding hydrogens is 464 g/mol. The van der Waals surface area contributed by atoms with Gasteiger partial charge in [0.05, 0.1) is 39.6 Å². The lowest BCUT2D eigenvalue weighted by atomic mass is 10.3. The molecule has 0 saturated heterocycles. The third-order valence-corrected chi connectivity index (χ3v) is 4.81. The molecule has 0 saturated carbocycles. The standard InChI is InChI=1S/C22H30N4O9/c27-17(5-9-25-19(29)1-2-20(25)30)23-7-11-33-13-15-35-16-14-34-12-8-24-18(28)6-10-26-21(31)3-4-22(26)32/h1-4H,5-16H2,(H,23,27)(H,24,28). The minimum atomic E-state index is -0.413. The molecule has 0 aromatic heterocycles. The summed E-state index contributed by atoms with van der Waals surface area (Å²) in [7, 11) is 0. The van der Waals surface area contributed by atoms with Gasteiger partial charge in [0.2, 0.25) is 11.8 Å². The van der Waals surface area contributed by atoms with E-state index in [9.17, 15) is 28.8 Å². The van der Waals surface area contributed by atoms with Crippen molar-refractivity contribution in [3.63, 3.8) is 0 Å². The monoisotopic (exact) mass is 494 g/mol. The molecule has 13 nitrogen and oxygen atoms in total. The van der Waals surface area contributed by atoms with Gasteiger partial charge >= 0.3 is 0 Å². The molecule has 192 valence electrons. The highest BCUT2D eigenvalue weighted by molar-refractivity contribution is 6.13. The smallest absolute Gasteiger partial charge is 0.253 e. The van der Waals surface area contributed by atoms with Gasteiger partial charge in [-0.05, 0) is 0 Å². The van der Waals surface area contributed by atoms with Crippen molar-refractivity contribution in [3.8, 4) is 0 Å². The minimum absolute atomic E-state index is 0.0320. The number of nitrogens with zero attached hydrogens (tertiary/aromatic N) is 2. The Kier molecular flexibility index (Phi) is 12.3. The van der Waals surface area contributed by atoms with Crippen molar-refractivity contribution in [2.24, 2.45) is 0 Å². The van der Waals surface area contributed by atoms with Crippen LogP contribution >= 0.6 is 0 Å². The molecule has 2 aliphatic heterocycles. The Morgan fingerprint density at radius 2 is 0.886 bits per heavy atom. The first-order valence-corrected chi connectivity index (χ1v) is 11.2. The molecule has 0 unspecified atom stereocenters. The molecule has 0 fully saturated rings. The molecular formula is C22H30N4O9. The Labute approximate surface area is 202 Å². The largest absolute Gasteiger partial charge is 0.377 e. The zero-order chi connectivity index (χ0) is 25.5. The minimum Gasteiger partial charge on any atom is -0.377 e. The zero-order valence-electron chi connectivity index (χ0n) is 19.4. The van der Waals surface area contributed by atoms with Crippen LogP contribution in [-0.2, 0) is 43.0 Å². The maximum Gasteiger partial charge on any atom is 0.253 e. The van der Waals surface area contributed by atoms with Crippen molar-refractivity contribution in [2.75, 3.05) is 65.8 Å². The van der Waals surface area contributed by atoms with Crippen molar-refractivity contribution in [1.82, 2.24) is 20.4 Å². The Morgan fingerprint density at radius 1 is 0.571 bits per heavy atom. The SMILES string of the molecule is O=C(CCN1C(=O)C=CC1=O)NCCOCCOCCOCCNC(=O)CCN1C(=O)C=CC1=O. The summed E-state index contributed by atoms with van der Waals surface area (Å²) in [4.78, 5) is 71.0. The molecule has 6 amide bonds. The fourth-order valence-corrected chi connectivity index (χ4v) is 2.97. The maximum absolute atomic E-state index is 11.7. The van der Waals surface area contributed by atoms with E-state index in [0.29, 0.717) is 52.7 Å². The van der Waals surface area contributed by atoms with Crippen LogP contribution in [0.25, 0.3) is 0 Å². The lowest BCUT2D eigenvalue weighted by molar-refractivity contribution is -0.139. The van der Waals surface area contributed by atoms with Crippen LogP contribution in [0.5, 0.6) is 0 Å². The van der Waals surface area contributed by atoms with Crippen LogP contribution in [0.4, 0.5) is 0 Å². The van der Waals surface area contributed by atoms with E-state index in [2.05, 4.69) is 10.6 Å². The lowest BCUT2D eigenvalue weighted by Gasteiger charge is -2.13. The van der Waals surface area contributed by atoms with Crippen molar-refractivity contribution >= 4 is 35.4 Å². The molecule has 0 radical (unpaired) electrons. The molecule has 0 bridgehead atoms. The second kappa shape index (κ2) is 15.5. The van der Waals surface area contributed by atoms with Gasteiger partial charge in [-0.1, -0.05) is 0 Å². The van der Waals surface area contributed by atoms with Gasteiger partial charge in [0.25, 0.3) is 23.6 Å². The Bertz CT molecular complexity index is 752. The predicted molar refractivity (Wildman–Crippen MR) is 119 cm³/mol. The molecule has 2 aliphatic rings. The molecule has 0 spiro atoms. The first-order chi connectivity index (χ1) is 16.9. The van der Waals surface area contributed by atoms with Crippen molar-refractivity contribution in [1.29, 1.82) is 0 Å². The van der Waals surface area contributed by atoms with Gasteiger partial charge in [-0.2, -0.15) is 0 Å². The summed E-state index contributed by atoms with van der Waals surface area (Å²) >= 11 is 0. The molecule has 0 aromatic rings.